The Morgan fingerprint density at radius 1 is 1.07 bits per heavy atom. The Labute approximate surface area is 164 Å². The van der Waals surface area contributed by atoms with Crippen molar-refractivity contribution >= 4 is 17.9 Å². The van der Waals surface area contributed by atoms with E-state index >= 15 is 0 Å². The number of hydrogen-bond donors (Lipinski definition) is 2. The summed E-state index contributed by atoms with van der Waals surface area (Å²) in [7, 11) is 0. The van der Waals surface area contributed by atoms with Crippen LogP contribution in [0.1, 0.15) is 47.2 Å². The molecule has 5 nitrogen and oxygen atoms in total. The molecule has 2 atom stereocenters. The highest BCUT2D eigenvalue weighted by atomic mass is 16.5. The summed E-state index contributed by atoms with van der Waals surface area (Å²) in [5, 5.41) is 5.97. The van der Waals surface area contributed by atoms with Crippen LogP contribution in [0.25, 0.3) is 6.08 Å². The first-order valence-electron chi connectivity index (χ1n) is 9.80. The number of carbonyl (C=O) groups is 2. The van der Waals surface area contributed by atoms with Crippen molar-refractivity contribution in [2.45, 2.75) is 44.4 Å². The fourth-order valence-corrected chi connectivity index (χ4v) is 3.72. The van der Waals surface area contributed by atoms with Crippen LogP contribution < -0.4 is 10.6 Å². The Kier molecular flexibility index (Phi) is 5.42. The Morgan fingerprint density at radius 3 is 2.61 bits per heavy atom. The molecule has 1 saturated carbocycles. The number of ether oxygens (including phenoxy) is 1. The highest BCUT2D eigenvalue weighted by molar-refractivity contribution is 5.97. The van der Waals surface area contributed by atoms with Crippen LogP contribution in [-0.4, -0.2) is 24.0 Å². The predicted molar refractivity (Wildman–Crippen MR) is 107 cm³/mol. The minimum atomic E-state index is -0.159. The van der Waals surface area contributed by atoms with Gasteiger partial charge in [0.25, 0.3) is 11.8 Å². The number of carbonyl (C=O) groups excluding carboxylic acids is 2. The van der Waals surface area contributed by atoms with Crippen molar-refractivity contribution in [1.29, 1.82) is 0 Å². The molecule has 0 aromatic heterocycles. The van der Waals surface area contributed by atoms with Crippen LogP contribution in [0.2, 0.25) is 0 Å². The summed E-state index contributed by atoms with van der Waals surface area (Å²) in [5.41, 5.74) is 2.47. The maximum absolute atomic E-state index is 12.3. The first-order chi connectivity index (χ1) is 13.7. The minimum absolute atomic E-state index is 0.0701. The van der Waals surface area contributed by atoms with E-state index in [2.05, 4.69) is 10.6 Å². The lowest BCUT2D eigenvalue weighted by Crippen LogP contribution is -2.51. The molecular formula is C23H24N2O3. The number of rotatable bonds is 4. The maximum atomic E-state index is 12.3. The number of morpholine rings is 1. The van der Waals surface area contributed by atoms with Gasteiger partial charge >= 0.3 is 0 Å². The molecule has 2 N–H and O–H groups in total. The highest BCUT2D eigenvalue weighted by Gasteiger charge is 2.34. The first-order valence-corrected chi connectivity index (χ1v) is 9.80. The smallest absolute Gasteiger partial charge is 0.286 e. The molecule has 1 aliphatic carbocycles. The topological polar surface area (TPSA) is 67.4 Å². The van der Waals surface area contributed by atoms with Crippen LogP contribution in [0, 0.1) is 0 Å². The third-order valence-electron chi connectivity index (χ3n) is 5.29. The van der Waals surface area contributed by atoms with Gasteiger partial charge in [0.1, 0.15) is 6.10 Å². The number of fused-ring (bicyclic) bond motifs is 1. The van der Waals surface area contributed by atoms with E-state index in [-0.39, 0.29) is 24.0 Å². The Bertz CT molecular complexity index is 874. The van der Waals surface area contributed by atoms with Gasteiger partial charge in [0, 0.05) is 12.1 Å². The van der Waals surface area contributed by atoms with Gasteiger partial charge in [0.2, 0.25) is 0 Å². The molecule has 2 aromatic carbocycles. The monoisotopic (exact) mass is 376 g/mol. The maximum Gasteiger partial charge on any atom is 0.286 e. The molecule has 0 spiro atoms. The van der Waals surface area contributed by atoms with Crippen LogP contribution in [-0.2, 0) is 16.1 Å². The molecule has 2 amide bonds. The molecule has 2 fully saturated rings. The molecule has 2 aliphatic rings. The SMILES string of the molecule is O=C1NC2CCCCC2O/C1=C\c1ccc(C(=O)NCc2ccccc2)cc1. The lowest BCUT2D eigenvalue weighted by atomic mass is 9.91. The van der Waals surface area contributed by atoms with E-state index in [0.717, 1.165) is 36.8 Å². The van der Waals surface area contributed by atoms with Crippen molar-refractivity contribution in [2.75, 3.05) is 0 Å². The number of benzene rings is 2. The van der Waals surface area contributed by atoms with Gasteiger partial charge in [-0.05, 0) is 48.6 Å². The van der Waals surface area contributed by atoms with Crippen molar-refractivity contribution in [3.05, 3.63) is 77.0 Å². The summed E-state index contributed by atoms with van der Waals surface area (Å²) in [6, 6.07) is 17.1. The average molecular weight is 376 g/mol. The van der Waals surface area contributed by atoms with Crippen molar-refractivity contribution in [3.63, 3.8) is 0 Å². The van der Waals surface area contributed by atoms with Crippen LogP contribution >= 0.6 is 0 Å². The molecule has 4 rings (SSSR count). The zero-order valence-corrected chi connectivity index (χ0v) is 15.7. The van der Waals surface area contributed by atoms with Crippen LogP contribution in [0.3, 0.4) is 0 Å². The summed E-state index contributed by atoms with van der Waals surface area (Å²) < 4.78 is 5.94. The van der Waals surface area contributed by atoms with E-state index in [4.69, 9.17) is 4.74 Å². The number of hydrogen-bond acceptors (Lipinski definition) is 3. The first kappa shape index (κ1) is 18.3. The van der Waals surface area contributed by atoms with Gasteiger partial charge in [-0.15, -0.1) is 0 Å². The second kappa shape index (κ2) is 8.30. The van der Waals surface area contributed by atoms with E-state index in [9.17, 15) is 9.59 Å². The minimum Gasteiger partial charge on any atom is -0.483 e. The number of amides is 2. The second-order valence-electron chi connectivity index (χ2n) is 7.32. The Balaban J connectivity index is 1.39. The van der Waals surface area contributed by atoms with Gasteiger partial charge in [0.15, 0.2) is 5.76 Å². The summed E-state index contributed by atoms with van der Waals surface area (Å²) in [5.74, 6) is 0.0667. The molecule has 1 saturated heterocycles. The molecule has 2 aromatic rings. The quantitative estimate of drug-likeness (QED) is 0.804. The van der Waals surface area contributed by atoms with Gasteiger partial charge in [-0.25, -0.2) is 0 Å². The third-order valence-corrected chi connectivity index (χ3v) is 5.29. The molecule has 28 heavy (non-hydrogen) atoms. The molecular weight excluding hydrogens is 352 g/mol. The van der Waals surface area contributed by atoms with Crippen LogP contribution in [0.15, 0.2) is 60.4 Å². The summed E-state index contributed by atoms with van der Waals surface area (Å²) in [6.45, 7) is 0.488. The lowest BCUT2D eigenvalue weighted by Gasteiger charge is -2.37. The molecule has 1 aliphatic heterocycles. The summed E-state index contributed by atoms with van der Waals surface area (Å²) in [6.07, 6.45) is 6.04. The third kappa shape index (κ3) is 4.25. The van der Waals surface area contributed by atoms with Gasteiger partial charge in [-0.3, -0.25) is 9.59 Å². The summed E-state index contributed by atoms with van der Waals surface area (Å²) in [4.78, 5) is 24.6. The van der Waals surface area contributed by atoms with Crippen molar-refractivity contribution < 1.29 is 14.3 Å². The van der Waals surface area contributed by atoms with E-state index in [1.54, 1.807) is 18.2 Å². The normalized spacial score (nSPS) is 22.7. The van der Waals surface area contributed by atoms with Crippen LogP contribution in [0.5, 0.6) is 0 Å². The van der Waals surface area contributed by atoms with Crippen LogP contribution in [0.4, 0.5) is 0 Å². The van der Waals surface area contributed by atoms with Gasteiger partial charge in [-0.1, -0.05) is 48.9 Å². The van der Waals surface area contributed by atoms with Gasteiger partial charge < -0.3 is 15.4 Å². The van der Waals surface area contributed by atoms with Gasteiger partial charge in [-0.2, -0.15) is 0 Å². The van der Waals surface area contributed by atoms with E-state index in [1.165, 1.54) is 0 Å². The average Bonchev–Trinajstić information content (AvgIpc) is 2.74. The molecule has 0 radical (unpaired) electrons. The largest absolute Gasteiger partial charge is 0.483 e. The molecule has 5 heteroatoms. The lowest BCUT2D eigenvalue weighted by molar-refractivity contribution is -0.129. The standard InChI is InChI=1S/C23H24N2O3/c26-22(24-15-17-6-2-1-3-7-17)18-12-10-16(11-13-18)14-21-23(27)25-19-8-4-5-9-20(19)28-21/h1-3,6-7,10-14,19-20H,4-5,8-9,15H2,(H,24,26)(H,25,27)/b21-14-. The zero-order valence-electron chi connectivity index (χ0n) is 15.7. The predicted octanol–water partition coefficient (Wildman–Crippen LogP) is 3.42. The Hall–Kier alpha value is -3.08. The molecule has 1 heterocycles. The van der Waals surface area contributed by atoms with E-state index in [0.29, 0.717) is 17.9 Å². The van der Waals surface area contributed by atoms with Crippen molar-refractivity contribution in [3.8, 4) is 0 Å². The van der Waals surface area contributed by atoms with E-state index in [1.807, 2.05) is 42.5 Å². The zero-order chi connectivity index (χ0) is 19.3. The highest BCUT2D eigenvalue weighted by Crippen LogP contribution is 2.27. The Morgan fingerprint density at radius 2 is 1.82 bits per heavy atom. The fraction of sp³-hybridized carbons (Fsp3) is 0.304. The fourth-order valence-electron chi connectivity index (χ4n) is 3.72. The summed E-state index contributed by atoms with van der Waals surface area (Å²) >= 11 is 0. The van der Waals surface area contributed by atoms with Crippen molar-refractivity contribution in [1.82, 2.24) is 10.6 Å². The molecule has 2 unspecified atom stereocenters. The van der Waals surface area contributed by atoms with Gasteiger partial charge in [0.05, 0.1) is 6.04 Å². The number of nitrogens with one attached hydrogen (secondary N) is 2. The van der Waals surface area contributed by atoms with E-state index < -0.39 is 0 Å². The van der Waals surface area contributed by atoms with Crippen molar-refractivity contribution in [2.24, 2.45) is 0 Å². The second-order valence-corrected chi connectivity index (χ2v) is 7.32. The molecule has 144 valence electrons. The molecule has 0 bridgehead atoms.